The lowest BCUT2D eigenvalue weighted by atomic mass is 10.1. The molecular weight excluding hydrogens is 324 g/mol. The number of hydrazone groups is 1. The SMILES string of the molecule is COc1ccccc1C(=O)N/N=C(\c1ccco1)C(O)c1ccco1. The number of ether oxygens (including phenoxy) is 1. The lowest BCUT2D eigenvalue weighted by molar-refractivity contribution is 0.0951. The van der Waals surface area contributed by atoms with Crippen LogP contribution in [0.25, 0.3) is 0 Å². The first kappa shape index (κ1) is 16.5. The lowest BCUT2D eigenvalue weighted by Gasteiger charge is -2.11. The number of nitrogens with zero attached hydrogens (tertiary/aromatic N) is 1. The van der Waals surface area contributed by atoms with E-state index in [2.05, 4.69) is 10.5 Å². The van der Waals surface area contributed by atoms with Crippen LogP contribution in [0.2, 0.25) is 0 Å². The summed E-state index contributed by atoms with van der Waals surface area (Å²) in [5, 5.41) is 14.5. The number of hydrogen-bond acceptors (Lipinski definition) is 6. The van der Waals surface area contributed by atoms with Crippen molar-refractivity contribution in [3.8, 4) is 5.75 Å². The standard InChI is InChI=1S/C18H16N2O5/c1-23-13-7-3-2-6-12(13)18(22)20-19-16(14-8-4-10-24-14)17(21)15-9-5-11-25-15/h2-11,17,21H,1H3,(H,20,22)/b19-16+. The van der Waals surface area contributed by atoms with Gasteiger partial charge in [-0.05, 0) is 36.4 Å². The summed E-state index contributed by atoms with van der Waals surface area (Å²) in [4.78, 5) is 12.4. The van der Waals surface area contributed by atoms with Gasteiger partial charge in [-0.15, -0.1) is 0 Å². The number of benzene rings is 1. The Hall–Kier alpha value is -3.32. The molecule has 128 valence electrons. The summed E-state index contributed by atoms with van der Waals surface area (Å²) < 4.78 is 15.6. The Kier molecular flexibility index (Phi) is 4.96. The topological polar surface area (TPSA) is 97.2 Å². The van der Waals surface area contributed by atoms with Gasteiger partial charge in [0.2, 0.25) is 0 Å². The van der Waals surface area contributed by atoms with E-state index in [1.807, 2.05) is 0 Å². The van der Waals surface area contributed by atoms with E-state index in [1.54, 1.807) is 48.5 Å². The highest BCUT2D eigenvalue weighted by atomic mass is 16.5. The third-order valence-electron chi connectivity index (χ3n) is 3.47. The van der Waals surface area contributed by atoms with Crippen LogP contribution in [0.1, 0.15) is 28.0 Å². The second kappa shape index (κ2) is 7.50. The van der Waals surface area contributed by atoms with Crippen molar-refractivity contribution in [1.29, 1.82) is 0 Å². The molecule has 3 rings (SSSR count). The molecule has 2 heterocycles. The minimum Gasteiger partial charge on any atom is -0.496 e. The van der Waals surface area contributed by atoms with Crippen molar-refractivity contribution in [2.24, 2.45) is 5.10 Å². The van der Waals surface area contributed by atoms with Crippen LogP contribution in [0.15, 0.2) is 75.0 Å². The molecular formula is C18H16N2O5. The Bertz CT molecular complexity index is 853. The molecule has 0 spiro atoms. The monoisotopic (exact) mass is 340 g/mol. The van der Waals surface area contributed by atoms with Crippen LogP contribution >= 0.6 is 0 Å². The number of carbonyl (C=O) groups is 1. The van der Waals surface area contributed by atoms with Gasteiger partial charge in [0.15, 0.2) is 11.9 Å². The number of amides is 1. The summed E-state index contributed by atoms with van der Waals surface area (Å²) in [6, 6.07) is 13.3. The molecule has 0 aliphatic carbocycles. The van der Waals surface area contributed by atoms with Gasteiger partial charge in [0.25, 0.3) is 5.91 Å². The fraction of sp³-hybridized carbons (Fsp3) is 0.111. The maximum Gasteiger partial charge on any atom is 0.275 e. The summed E-state index contributed by atoms with van der Waals surface area (Å²) in [5.41, 5.74) is 2.85. The van der Waals surface area contributed by atoms with Gasteiger partial charge in [0.05, 0.1) is 25.2 Å². The molecule has 0 bridgehead atoms. The number of nitrogens with one attached hydrogen (secondary N) is 1. The predicted molar refractivity (Wildman–Crippen MR) is 89.4 cm³/mol. The van der Waals surface area contributed by atoms with E-state index in [1.165, 1.54) is 19.6 Å². The molecule has 0 saturated heterocycles. The van der Waals surface area contributed by atoms with Crippen LogP contribution in [0.5, 0.6) is 5.75 Å². The normalized spacial score (nSPS) is 12.6. The minimum atomic E-state index is -1.20. The van der Waals surface area contributed by atoms with Gasteiger partial charge in [-0.25, -0.2) is 5.43 Å². The van der Waals surface area contributed by atoms with E-state index >= 15 is 0 Å². The maximum absolute atomic E-state index is 12.4. The molecule has 1 atom stereocenters. The Balaban J connectivity index is 1.87. The molecule has 1 unspecified atom stereocenters. The number of aliphatic hydroxyl groups is 1. The minimum absolute atomic E-state index is 0.114. The Morgan fingerprint density at radius 1 is 1.12 bits per heavy atom. The van der Waals surface area contributed by atoms with Gasteiger partial charge in [-0.3, -0.25) is 4.79 Å². The lowest BCUT2D eigenvalue weighted by Crippen LogP contribution is -2.23. The maximum atomic E-state index is 12.4. The second-order valence-corrected chi connectivity index (χ2v) is 5.03. The highest BCUT2D eigenvalue weighted by Gasteiger charge is 2.23. The fourth-order valence-electron chi connectivity index (χ4n) is 2.26. The van der Waals surface area contributed by atoms with E-state index in [9.17, 15) is 9.90 Å². The van der Waals surface area contributed by atoms with Crippen LogP contribution in [-0.4, -0.2) is 23.8 Å². The Labute approximate surface area is 143 Å². The third kappa shape index (κ3) is 3.61. The zero-order chi connectivity index (χ0) is 17.6. The van der Waals surface area contributed by atoms with Crippen LogP contribution in [0.3, 0.4) is 0 Å². The Morgan fingerprint density at radius 3 is 2.56 bits per heavy atom. The van der Waals surface area contributed by atoms with Crippen LogP contribution in [0.4, 0.5) is 0 Å². The second-order valence-electron chi connectivity index (χ2n) is 5.03. The van der Waals surface area contributed by atoms with Gasteiger partial charge >= 0.3 is 0 Å². The molecule has 7 heteroatoms. The molecule has 1 aromatic carbocycles. The van der Waals surface area contributed by atoms with Gasteiger partial charge < -0.3 is 18.7 Å². The molecule has 3 aromatic rings. The molecule has 2 aromatic heterocycles. The number of aliphatic hydroxyl groups excluding tert-OH is 1. The Morgan fingerprint density at radius 2 is 1.88 bits per heavy atom. The van der Waals surface area contributed by atoms with Crippen molar-refractivity contribution >= 4 is 11.6 Å². The van der Waals surface area contributed by atoms with Crippen molar-refractivity contribution in [3.63, 3.8) is 0 Å². The largest absolute Gasteiger partial charge is 0.496 e. The average Bonchev–Trinajstić information content (AvgIpc) is 3.35. The van der Waals surface area contributed by atoms with Crippen molar-refractivity contribution in [3.05, 3.63) is 78.1 Å². The summed E-state index contributed by atoms with van der Waals surface area (Å²) in [7, 11) is 1.48. The smallest absolute Gasteiger partial charge is 0.275 e. The van der Waals surface area contributed by atoms with E-state index in [0.29, 0.717) is 17.1 Å². The molecule has 7 nitrogen and oxygen atoms in total. The van der Waals surface area contributed by atoms with Crippen molar-refractivity contribution in [2.75, 3.05) is 7.11 Å². The van der Waals surface area contributed by atoms with Crippen molar-refractivity contribution < 1.29 is 23.5 Å². The van der Waals surface area contributed by atoms with Crippen molar-refractivity contribution in [2.45, 2.75) is 6.10 Å². The number of hydrogen-bond donors (Lipinski definition) is 2. The zero-order valence-corrected chi connectivity index (χ0v) is 13.4. The van der Waals surface area contributed by atoms with E-state index in [4.69, 9.17) is 13.6 Å². The number of furan rings is 2. The molecule has 25 heavy (non-hydrogen) atoms. The van der Waals surface area contributed by atoms with Gasteiger partial charge in [0.1, 0.15) is 17.2 Å². The molecule has 2 N–H and O–H groups in total. The first-order chi connectivity index (χ1) is 12.2. The zero-order valence-electron chi connectivity index (χ0n) is 13.4. The summed E-state index contributed by atoms with van der Waals surface area (Å²) in [6.07, 6.45) is 1.69. The van der Waals surface area contributed by atoms with Crippen LogP contribution in [-0.2, 0) is 0 Å². The molecule has 0 aliphatic rings. The predicted octanol–water partition coefficient (Wildman–Crippen LogP) is 2.75. The fourth-order valence-corrected chi connectivity index (χ4v) is 2.26. The first-order valence-electron chi connectivity index (χ1n) is 7.47. The number of para-hydroxylation sites is 1. The van der Waals surface area contributed by atoms with Gasteiger partial charge in [0, 0.05) is 0 Å². The quantitative estimate of drug-likeness (QED) is 0.531. The summed E-state index contributed by atoms with van der Waals surface area (Å²) >= 11 is 0. The number of carbonyl (C=O) groups excluding carboxylic acids is 1. The van der Waals surface area contributed by atoms with Crippen molar-refractivity contribution in [1.82, 2.24) is 5.43 Å². The molecule has 0 radical (unpaired) electrons. The molecule has 0 fully saturated rings. The number of methoxy groups -OCH3 is 1. The van der Waals surface area contributed by atoms with Gasteiger partial charge in [-0.1, -0.05) is 12.1 Å². The molecule has 0 aliphatic heterocycles. The summed E-state index contributed by atoms with van der Waals surface area (Å²) in [6.45, 7) is 0. The first-order valence-corrected chi connectivity index (χ1v) is 7.47. The van der Waals surface area contributed by atoms with Gasteiger partial charge in [-0.2, -0.15) is 5.10 Å². The van der Waals surface area contributed by atoms with E-state index in [0.717, 1.165) is 0 Å². The average molecular weight is 340 g/mol. The molecule has 0 saturated carbocycles. The summed E-state index contributed by atoms with van der Waals surface area (Å²) in [5.74, 6) is 0.528. The highest BCUT2D eigenvalue weighted by molar-refractivity contribution is 6.03. The van der Waals surface area contributed by atoms with Crippen LogP contribution in [0, 0.1) is 0 Å². The highest BCUT2D eigenvalue weighted by Crippen LogP contribution is 2.21. The third-order valence-corrected chi connectivity index (χ3v) is 3.47. The van der Waals surface area contributed by atoms with Crippen LogP contribution < -0.4 is 10.2 Å². The van der Waals surface area contributed by atoms with E-state index in [-0.39, 0.29) is 11.5 Å². The molecule has 1 amide bonds. The number of rotatable bonds is 6. The van der Waals surface area contributed by atoms with E-state index < -0.39 is 12.0 Å².